The van der Waals surface area contributed by atoms with Gasteiger partial charge in [-0.1, -0.05) is 12.1 Å². The third kappa shape index (κ3) is 3.32. The number of anilines is 1. The van der Waals surface area contributed by atoms with Gasteiger partial charge in [-0.3, -0.25) is 14.9 Å². The average Bonchev–Trinajstić information content (AvgIpc) is 2.47. The van der Waals surface area contributed by atoms with Crippen LogP contribution in [0.2, 0.25) is 0 Å². The van der Waals surface area contributed by atoms with Gasteiger partial charge in [-0.25, -0.2) is 0 Å². The van der Waals surface area contributed by atoms with Crippen molar-refractivity contribution in [3.63, 3.8) is 0 Å². The molecule has 6 nitrogen and oxygen atoms in total. The molecule has 0 spiro atoms. The number of hydrogen-bond acceptors (Lipinski definition) is 5. The van der Waals surface area contributed by atoms with Gasteiger partial charge in [0.25, 0.3) is 5.69 Å². The maximum atomic E-state index is 11.6. The van der Waals surface area contributed by atoms with Crippen molar-refractivity contribution in [2.45, 2.75) is 38.6 Å². The van der Waals surface area contributed by atoms with Gasteiger partial charge in [-0.15, -0.1) is 0 Å². The number of nitro groups is 1. The van der Waals surface area contributed by atoms with Crippen molar-refractivity contribution in [2.75, 3.05) is 18.6 Å². The van der Waals surface area contributed by atoms with E-state index in [1.807, 2.05) is 11.0 Å². The van der Waals surface area contributed by atoms with Gasteiger partial charge in [0.1, 0.15) is 5.69 Å². The quantitative estimate of drug-likeness (QED) is 0.484. The standard InChI is InChI=1S/C15H20N2O4/c1-11-6-5-8-13(15(11)17(19)20)16-9-4-3-7-12(16)10-14(18)21-2/h5-6,8,12H,3-4,7,9-10H2,1-2H3. The van der Waals surface area contributed by atoms with Crippen LogP contribution >= 0.6 is 0 Å². The number of nitro benzene ring substituents is 1. The molecule has 1 aromatic carbocycles. The normalized spacial score (nSPS) is 18.4. The average molecular weight is 292 g/mol. The lowest BCUT2D eigenvalue weighted by Gasteiger charge is -2.36. The summed E-state index contributed by atoms with van der Waals surface area (Å²) in [4.78, 5) is 24.6. The predicted molar refractivity (Wildman–Crippen MR) is 79.5 cm³/mol. The Morgan fingerprint density at radius 2 is 2.24 bits per heavy atom. The second kappa shape index (κ2) is 6.56. The molecule has 2 rings (SSSR count). The first kappa shape index (κ1) is 15.3. The van der Waals surface area contributed by atoms with Crippen LogP contribution in [-0.2, 0) is 9.53 Å². The van der Waals surface area contributed by atoms with E-state index in [1.165, 1.54) is 7.11 Å². The summed E-state index contributed by atoms with van der Waals surface area (Å²) < 4.78 is 4.74. The summed E-state index contributed by atoms with van der Waals surface area (Å²) >= 11 is 0. The molecule has 0 aromatic heterocycles. The highest BCUT2D eigenvalue weighted by Gasteiger charge is 2.30. The number of methoxy groups -OCH3 is 1. The molecular weight excluding hydrogens is 272 g/mol. The van der Waals surface area contributed by atoms with E-state index < -0.39 is 0 Å². The van der Waals surface area contributed by atoms with Gasteiger partial charge in [0.15, 0.2) is 0 Å². The van der Waals surface area contributed by atoms with Crippen LogP contribution in [-0.4, -0.2) is 30.6 Å². The van der Waals surface area contributed by atoms with Crippen molar-refractivity contribution in [3.05, 3.63) is 33.9 Å². The van der Waals surface area contributed by atoms with Gasteiger partial charge in [0.2, 0.25) is 0 Å². The van der Waals surface area contributed by atoms with E-state index in [0.717, 1.165) is 25.8 Å². The van der Waals surface area contributed by atoms with E-state index >= 15 is 0 Å². The minimum atomic E-state index is -0.339. The number of carbonyl (C=O) groups is 1. The highest BCUT2D eigenvalue weighted by Crippen LogP contribution is 2.35. The van der Waals surface area contributed by atoms with Crippen LogP contribution < -0.4 is 4.90 Å². The summed E-state index contributed by atoms with van der Waals surface area (Å²) in [5.74, 6) is -0.276. The number of aryl methyl sites for hydroxylation is 1. The van der Waals surface area contributed by atoms with Crippen LogP contribution in [0.5, 0.6) is 0 Å². The molecule has 114 valence electrons. The molecule has 0 saturated carbocycles. The monoisotopic (exact) mass is 292 g/mol. The van der Waals surface area contributed by atoms with E-state index in [0.29, 0.717) is 11.3 Å². The van der Waals surface area contributed by atoms with Crippen LogP contribution in [0, 0.1) is 17.0 Å². The highest BCUT2D eigenvalue weighted by molar-refractivity contribution is 5.72. The van der Waals surface area contributed by atoms with Crippen molar-refractivity contribution >= 4 is 17.3 Å². The third-order valence-corrected chi connectivity index (χ3v) is 3.97. The molecule has 1 heterocycles. The fraction of sp³-hybridized carbons (Fsp3) is 0.533. The Hall–Kier alpha value is -2.11. The second-order valence-electron chi connectivity index (χ2n) is 5.32. The van der Waals surface area contributed by atoms with E-state index in [-0.39, 0.29) is 29.0 Å². The highest BCUT2D eigenvalue weighted by atomic mass is 16.6. The maximum Gasteiger partial charge on any atom is 0.307 e. The summed E-state index contributed by atoms with van der Waals surface area (Å²) in [6, 6.07) is 5.29. The zero-order valence-corrected chi connectivity index (χ0v) is 12.4. The zero-order valence-electron chi connectivity index (χ0n) is 12.4. The number of esters is 1. The molecule has 6 heteroatoms. The van der Waals surface area contributed by atoms with Gasteiger partial charge in [-0.2, -0.15) is 0 Å². The number of ether oxygens (including phenoxy) is 1. The van der Waals surface area contributed by atoms with Crippen molar-refractivity contribution in [2.24, 2.45) is 0 Å². The van der Waals surface area contributed by atoms with E-state index in [4.69, 9.17) is 4.74 Å². The molecular formula is C15H20N2O4. The molecule has 1 atom stereocenters. The molecule has 0 radical (unpaired) electrons. The summed E-state index contributed by atoms with van der Waals surface area (Å²) in [6.45, 7) is 2.47. The topological polar surface area (TPSA) is 72.7 Å². The van der Waals surface area contributed by atoms with E-state index in [2.05, 4.69) is 0 Å². The molecule has 1 unspecified atom stereocenters. The second-order valence-corrected chi connectivity index (χ2v) is 5.32. The first-order valence-corrected chi connectivity index (χ1v) is 7.12. The molecule has 1 aliphatic heterocycles. The Kier molecular flexibility index (Phi) is 4.77. The van der Waals surface area contributed by atoms with Crippen LogP contribution in [0.4, 0.5) is 11.4 Å². The Morgan fingerprint density at radius 1 is 1.48 bits per heavy atom. The molecule has 1 aliphatic rings. The summed E-state index contributed by atoms with van der Waals surface area (Å²) in [5, 5.41) is 11.4. The summed E-state index contributed by atoms with van der Waals surface area (Å²) in [6.07, 6.45) is 3.11. The molecule has 21 heavy (non-hydrogen) atoms. The Morgan fingerprint density at radius 3 is 2.90 bits per heavy atom. The minimum absolute atomic E-state index is 0.0355. The third-order valence-electron chi connectivity index (χ3n) is 3.97. The first-order valence-electron chi connectivity index (χ1n) is 7.12. The summed E-state index contributed by atoms with van der Waals surface area (Å²) in [7, 11) is 1.37. The minimum Gasteiger partial charge on any atom is -0.469 e. The Bertz CT molecular complexity index is 544. The fourth-order valence-corrected chi connectivity index (χ4v) is 2.92. The van der Waals surface area contributed by atoms with Crippen LogP contribution in [0.15, 0.2) is 18.2 Å². The molecule has 0 N–H and O–H groups in total. The number of rotatable bonds is 4. The Labute approximate surface area is 123 Å². The number of hydrogen-bond donors (Lipinski definition) is 0. The zero-order chi connectivity index (χ0) is 15.4. The Balaban J connectivity index is 2.35. The number of benzene rings is 1. The molecule has 0 amide bonds. The van der Waals surface area contributed by atoms with Crippen molar-refractivity contribution < 1.29 is 14.5 Å². The lowest BCUT2D eigenvalue weighted by atomic mass is 9.97. The SMILES string of the molecule is COC(=O)CC1CCCCN1c1cccc(C)c1[N+](=O)[O-]. The first-order chi connectivity index (χ1) is 10.0. The smallest absolute Gasteiger partial charge is 0.307 e. The number of para-hydroxylation sites is 1. The van der Waals surface area contributed by atoms with Crippen LogP contribution in [0.25, 0.3) is 0 Å². The fourth-order valence-electron chi connectivity index (χ4n) is 2.92. The van der Waals surface area contributed by atoms with Crippen molar-refractivity contribution in [1.29, 1.82) is 0 Å². The van der Waals surface area contributed by atoms with Gasteiger partial charge in [0, 0.05) is 18.2 Å². The van der Waals surface area contributed by atoms with Gasteiger partial charge < -0.3 is 9.64 Å². The van der Waals surface area contributed by atoms with Gasteiger partial charge >= 0.3 is 5.97 Å². The molecule has 1 saturated heterocycles. The number of carbonyl (C=O) groups excluding carboxylic acids is 1. The lowest BCUT2D eigenvalue weighted by Crippen LogP contribution is -2.41. The van der Waals surface area contributed by atoms with Crippen LogP contribution in [0.1, 0.15) is 31.2 Å². The predicted octanol–water partition coefficient (Wildman–Crippen LogP) is 2.83. The largest absolute Gasteiger partial charge is 0.469 e. The summed E-state index contributed by atoms with van der Waals surface area (Å²) in [5.41, 5.74) is 1.38. The van der Waals surface area contributed by atoms with E-state index in [9.17, 15) is 14.9 Å². The molecule has 0 aliphatic carbocycles. The lowest BCUT2D eigenvalue weighted by molar-refractivity contribution is -0.384. The van der Waals surface area contributed by atoms with Crippen LogP contribution in [0.3, 0.4) is 0 Å². The molecule has 1 fully saturated rings. The van der Waals surface area contributed by atoms with E-state index in [1.54, 1.807) is 19.1 Å². The van der Waals surface area contributed by atoms with Crippen molar-refractivity contribution in [3.8, 4) is 0 Å². The number of piperidine rings is 1. The maximum absolute atomic E-state index is 11.6. The van der Waals surface area contributed by atoms with Gasteiger partial charge in [-0.05, 0) is 32.3 Å². The van der Waals surface area contributed by atoms with Gasteiger partial charge in [0.05, 0.1) is 18.5 Å². The number of nitrogens with zero attached hydrogens (tertiary/aromatic N) is 2. The molecule has 1 aromatic rings. The molecule has 0 bridgehead atoms. The van der Waals surface area contributed by atoms with Crippen molar-refractivity contribution in [1.82, 2.24) is 0 Å².